The first-order valence-corrected chi connectivity index (χ1v) is 12.8. The standard InChI is InChI=1S/C25H27N3O6S2/c1-5-34-22(29)13-18-14-35-25(27-18)28-23(30)15(2)36-19-9-7-17(8-10-19)26-24(31)16-6-11-20(32-3)21(12-16)33-4/h6-12,14-15H,5,13H2,1-4H3,(H,26,31)(H,27,28,30). The Morgan fingerprint density at radius 2 is 1.75 bits per heavy atom. The minimum atomic E-state index is -0.394. The Morgan fingerprint density at radius 1 is 1.03 bits per heavy atom. The van der Waals surface area contributed by atoms with Crippen LogP contribution in [0.5, 0.6) is 11.5 Å². The van der Waals surface area contributed by atoms with E-state index in [1.807, 2.05) is 12.1 Å². The summed E-state index contributed by atoms with van der Waals surface area (Å²) in [5, 5.41) is 7.38. The highest BCUT2D eigenvalue weighted by atomic mass is 32.2. The van der Waals surface area contributed by atoms with E-state index in [9.17, 15) is 14.4 Å². The number of methoxy groups -OCH3 is 2. The van der Waals surface area contributed by atoms with Crippen LogP contribution in [0.3, 0.4) is 0 Å². The molecule has 2 aromatic carbocycles. The number of benzene rings is 2. The predicted octanol–water partition coefficient (Wildman–Crippen LogP) is 4.64. The zero-order valence-electron chi connectivity index (χ0n) is 20.3. The largest absolute Gasteiger partial charge is 0.493 e. The first-order valence-electron chi connectivity index (χ1n) is 11.0. The van der Waals surface area contributed by atoms with Crippen molar-refractivity contribution in [1.82, 2.24) is 4.98 Å². The number of thioether (sulfide) groups is 1. The normalized spacial score (nSPS) is 11.3. The summed E-state index contributed by atoms with van der Waals surface area (Å²) in [7, 11) is 3.04. The number of anilines is 2. The number of carbonyl (C=O) groups is 3. The highest BCUT2D eigenvalue weighted by Crippen LogP contribution is 2.29. The van der Waals surface area contributed by atoms with E-state index >= 15 is 0 Å². The summed E-state index contributed by atoms with van der Waals surface area (Å²) >= 11 is 2.63. The second-order valence-electron chi connectivity index (χ2n) is 7.42. The Bertz CT molecular complexity index is 1210. The Kier molecular flexibility index (Phi) is 9.71. The van der Waals surface area contributed by atoms with Crippen molar-refractivity contribution in [3.8, 4) is 11.5 Å². The van der Waals surface area contributed by atoms with Crippen molar-refractivity contribution >= 4 is 51.7 Å². The predicted molar refractivity (Wildman–Crippen MR) is 140 cm³/mol. The molecule has 2 N–H and O–H groups in total. The zero-order valence-corrected chi connectivity index (χ0v) is 22.0. The van der Waals surface area contributed by atoms with Gasteiger partial charge in [-0.1, -0.05) is 0 Å². The van der Waals surface area contributed by atoms with Gasteiger partial charge in [0.1, 0.15) is 0 Å². The molecule has 0 saturated heterocycles. The number of rotatable bonds is 11. The van der Waals surface area contributed by atoms with Crippen LogP contribution in [-0.2, 0) is 20.7 Å². The van der Waals surface area contributed by atoms with Crippen molar-refractivity contribution in [2.24, 2.45) is 0 Å². The van der Waals surface area contributed by atoms with Crippen LogP contribution in [0.1, 0.15) is 29.9 Å². The first kappa shape index (κ1) is 27.0. The molecule has 9 nitrogen and oxygen atoms in total. The number of nitrogens with one attached hydrogen (secondary N) is 2. The van der Waals surface area contributed by atoms with Gasteiger partial charge in [-0.15, -0.1) is 23.1 Å². The maximum absolute atomic E-state index is 12.6. The molecular weight excluding hydrogens is 502 g/mol. The monoisotopic (exact) mass is 529 g/mol. The van der Waals surface area contributed by atoms with E-state index in [0.717, 1.165) is 4.90 Å². The van der Waals surface area contributed by atoms with Gasteiger partial charge in [0.15, 0.2) is 16.6 Å². The summed E-state index contributed by atoms with van der Waals surface area (Å²) in [5.41, 5.74) is 1.61. The number of ether oxygens (including phenoxy) is 3. The van der Waals surface area contributed by atoms with Crippen molar-refractivity contribution in [3.63, 3.8) is 0 Å². The third-order valence-corrected chi connectivity index (χ3v) is 6.77. The molecule has 0 spiro atoms. The maximum atomic E-state index is 12.6. The topological polar surface area (TPSA) is 116 Å². The van der Waals surface area contributed by atoms with Gasteiger partial charge >= 0.3 is 5.97 Å². The lowest BCUT2D eigenvalue weighted by atomic mass is 10.2. The summed E-state index contributed by atoms with van der Waals surface area (Å²) in [6, 6.07) is 12.2. The summed E-state index contributed by atoms with van der Waals surface area (Å²) in [5.74, 6) is 0.170. The van der Waals surface area contributed by atoms with Crippen molar-refractivity contribution in [2.75, 3.05) is 31.5 Å². The SMILES string of the molecule is CCOC(=O)Cc1csc(NC(=O)C(C)Sc2ccc(NC(=O)c3ccc(OC)c(OC)c3)cc2)n1. The number of esters is 1. The lowest BCUT2D eigenvalue weighted by Crippen LogP contribution is -2.22. The van der Waals surface area contributed by atoms with Crippen LogP contribution in [0.15, 0.2) is 52.7 Å². The maximum Gasteiger partial charge on any atom is 0.311 e. The molecule has 0 radical (unpaired) electrons. The summed E-state index contributed by atoms with van der Waals surface area (Å²) in [4.78, 5) is 41.9. The van der Waals surface area contributed by atoms with Crippen molar-refractivity contribution < 1.29 is 28.6 Å². The molecule has 0 aliphatic rings. The first-order chi connectivity index (χ1) is 17.3. The van der Waals surface area contributed by atoms with Gasteiger partial charge in [0.05, 0.1) is 38.2 Å². The van der Waals surface area contributed by atoms with E-state index in [1.54, 1.807) is 49.6 Å². The minimum Gasteiger partial charge on any atom is -0.493 e. The van der Waals surface area contributed by atoms with Gasteiger partial charge in [-0.3, -0.25) is 14.4 Å². The molecular formula is C25H27N3O6S2. The lowest BCUT2D eigenvalue weighted by molar-refractivity contribution is -0.142. The van der Waals surface area contributed by atoms with Crippen LogP contribution in [0.25, 0.3) is 0 Å². The van der Waals surface area contributed by atoms with Crippen molar-refractivity contribution in [1.29, 1.82) is 0 Å². The van der Waals surface area contributed by atoms with E-state index in [4.69, 9.17) is 14.2 Å². The van der Waals surface area contributed by atoms with Crippen molar-refractivity contribution in [2.45, 2.75) is 30.4 Å². The van der Waals surface area contributed by atoms with Crippen LogP contribution in [0, 0.1) is 0 Å². The number of aromatic nitrogens is 1. The Morgan fingerprint density at radius 3 is 2.42 bits per heavy atom. The average molecular weight is 530 g/mol. The molecule has 3 rings (SSSR count). The van der Waals surface area contributed by atoms with Gasteiger partial charge in [0.2, 0.25) is 5.91 Å². The number of hydrogen-bond donors (Lipinski definition) is 2. The molecule has 11 heteroatoms. The quantitative estimate of drug-likeness (QED) is 0.273. The fourth-order valence-corrected chi connectivity index (χ4v) is 4.65. The molecule has 3 aromatic rings. The fourth-order valence-electron chi connectivity index (χ4n) is 3.07. The number of hydrogen-bond acceptors (Lipinski definition) is 9. The Balaban J connectivity index is 1.53. The average Bonchev–Trinajstić information content (AvgIpc) is 3.31. The van der Waals surface area contributed by atoms with Crippen LogP contribution in [0.4, 0.5) is 10.8 Å². The van der Waals surface area contributed by atoms with Gasteiger partial charge in [-0.2, -0.15) is 0 Å². The zero-order chi connectivity index (χ0) is 26.1. The van der Waals surface area contributed by atoms with Gasteiger partial charge in [0.25, 0.3) is 5.91 Å². The van der Waals surface area contributed by atoms with Crippen LogP contribution < -0.4 is 20.1 Å². The molecule has 1 atom stereocenters. The minimum absolute atomic E-state index is 0.0689. The Hall–Kier alpha value is -3.57. The second kappa shape index (κ2) is 12.9. The van der Waals surface area contributed by atoms with Crippen LogP contribution in [-0.4, -0.2) is 48.8 Å². The number of thiazole rings is 1. The molecule has 0 aliphatic carbocycles. The fraction of sp³-hybridized carbons (Fsp3) is 0.280. The number of nitrogens with zero attached hydrogens (tertiary/aromatic N) is 1. The van der Waals surface area contributed by atoms with Crippen molar-refractivity contribution in [3.05, 3.63) is 59.1 Å². The van der Waals surface area contributed by atoms with Crippen LogP contribution >= 0.6 is 23.1 Å². The molecule has 0 saturated carbocycles. The Labute approximate surface area is 217 Å². The molecule has 1 heterocycles. The van der Waals surface area contributed by atoms with Gasteiger partial charge < -0.3 is 24.8 Å². The summed E-state index contributed by atoms with van der Waals surface area (Å²) < 4.78 is 15.4. The van der Waals surface area contributed by atoms with Crippen LogP contribution in [0.2, 0.25) is 0 Å². The summed E-state index contributed by atoms with van der Waals surface area (Å²) in [6.45, 7) is 3.85. The van der Waals surface area contributed by atoms with E-state index in [1.165, 1.54) is 37.3 Å². The van der Waals surface area contributed by atoms with Gasteiger partial charge in [-0.25, -0.2) is 4.98 Å². The third kappa shape index (κ3) is 7.46. The molecule has 0 fully saturated rings. The van der Waals surface area contributed by atoms with Gasteiger partial charge in [0, 0.05) is 21.5 Å². The van der Waals surface area contributed by atoms with E-state index in [2.05, 4.69) is 15.6 Å². The number of amides is 2. The highest BCUT2D eigenvalue weighted by Gasteiger charge is 2.17. The third-order valence-electron chi connectivity index (χ3n) is 4.85. The molecule has 36 heavy (non-hydrogen) atoms. The van der Waals surface area contributed by atoms with E-state index in [0.29, 0.717) is 40.2 Å². The molecule has 190 valence electrons. The highest BCUT2D eigenvalue weighted by molar-refractivity contribution is 8.00. The lowest BCUT2D eigenvalue weighted by Gasteiger charge is -2.12. The molecule has 0 aliphatic heterocycles. The molecule has 1 unspecified atom stereocenters. The second-order valence-corrected chi connectivity index (χ2v) is 9.70. The van der Waals surface area contributed by atoms with Gasteiger partial charge in [-0.05, 0) is 56.3 Å². The number of carbonyl (C=O) groups excluding carboxylic acids is 3. The molecule has 1 aromatic heterocycles. The summed E-state index contributed by atoms with van der Waals surface area (Å²) in [6.07, 6.45) is 0.0689. The van der Waals surface area contributed by atoms with E-state index in [-0.39, 0.29) is 24.2 Å². The smallest absolute Gasteiger partial charge is 0.311 e. The molecule has 0 bridgehead atoms. The van der Waals surface area contributed by atoms with E-state index < -0.39 is 5.25 Å². The molecule has 2 amide bonds.